The van der Waals surface area contributed by atoms with Crippen LogP contribution in [-0.2, 0) is 0 Å². The van der Waals surface area contributed by atoms with Crippen molar-refractivity contribution in [1.29, 1.82) is 0 Å². The van der Waals surface area contributed by atoms with Crippen molar-refractivity contribution in [1.82, 2.24) is 19.9 Å². The number of aromatic nitrogens is 3. The van der Waals surface area contributed by atoms with E-state index in [1.54, 1.807) is 23.7 Å². The monoisotopic (exact) mass is 345 g/mol. The molecule has 1 atom stereocenters. The van der Waals surface area contributed by atoms with E-state index in [9.17, 15) is 4.79 Å². The van der Waals surface area contributed by atoms with Crippen molar-refractivity contribution in [3.63, 3.8) is 0 Å². The van der Waals surface area contributed by atoms with Crippen LogP contribution < -0.4 is 10.5 Å². The maximum absolute atomic E-state index is 12.6. The van der Waals surface area contributed by atoms with E-state index in [0.717, 1.165) is 17.9 Å². The highest BCUT2D eigenvalue weighted by atomic mass is 16.5. The zero-order valence-electron chi connectivity index (χ0n) is 15.6. The topological polar surface area (TPSA) is 86.3 Å². The number of amides is 1. The molecule has 7 heteroatoms. The average Bonchev–Trinajstić information content (AvgIpc) is 3.00. The molecule has 2 aromatic rings. The van der Waals surface area contributed by atoms with Crippen LogP contribution in [0.5, 0.6) is 5.75 Å². The van der Waals surface area contributed by atoms with Crippen LogP contribution >= 0.6 is 0 Å². The van der Waals surface area contributed by atoms with E-state index < -0.39 is 0 Å². The van der Waals surface area contributed by atoms with Crippen molar-refractivity contribution in [2.75, 3.05) is 20.7 Å². The van der Waals surface area contributed by atoms with Crippen LogP contribution in [0.1, 0.15) is 36.5 Å². The van der Waals surface area contributed by atoms with Gasteiger partial charge in [0.05, 0.1) is 18.5 Å². The lowest BCUT2D eigenvalue weighted by Crippen LogP contribution is -2.35. The molecule has 1 amide bonds. The van der Waals surface area contributed by atoms with Gasteiger partial charge in [-0.05, 0) is 43.5 Å². The van der Waals surface area contributed by atoms with E-state index in [4.69, 9.17) is 10.5 Å². The number of hydrogen-bond donors (Lipinski definition) is 1. The van der Waals surface area contributed by atoms with E-state index in [0.29, 0.717) is 23.9 Å². The lowest BCUT2D eigenvalue weighted by Gasteiger charge is -2.21. The Balaban J connectivity index is 2.12. The van der Waals surface area contributed by atoms with Gasteiger partial charge in [-0.2, -0.15) is 0 Å². The summed E-state index contributed by atoms with van der Waals surface area (Å²) >= 11 is 0. The van der Waals surface area contributed by atoms with Crippen LogP contribution in [-0.4, -0.2) is 52.5 Å². The molecular formula is C18H27N5O2. The van der Waals surface area contributed by atoms with Gasteiger partial charge in [0.25, 0.3) is 5.91 Å². The minimum Gasteiger partial charge on any atom is -0.497 e. The number of nitrogens with two attached hydrogens (primary N) is 1. The van der Waals surface area contributed by atoms with Crippen LogP contribution in [0, 0.1) is 12.8 Å². The lowest BCUT2D eigenvalue weighted by molar-refractivity contribution is 0.0782. The fourth-order valence-electron chi connectivity index (χ4n) is 2.45. The number of rotatable bonds is 7. The number of hydrogen-bond acceptors (Lipinski definition) is 5. The van der Waals surface area contributed by atoms with E-state index in [1.165, 1.54) is 0 Å². The summed E-state index contributed by atoms with van der Waals surface area (Å²) in [6.07, 6.45) is 0.756. The van der Waals surface area contributed by atoms with Crippen LogP contribution in [0.25, 0.3) is 5.69 Å². The van der Waals surface area contributed by atoms with Gasteiger partial charge in [0, 0.05) is 19.6 Å². The first-order valence-corrected chi connectivity index (χ1v) is 8.43. The molecule has 0 aliphatic carbocycles. The van der Waals surface area contributed by atoms with Gasteiger partial charge >= 0.3 is 0 Å². The molecule has 1 heterocycles. The first-order valence-electron chi connectivity index (χ1n) is 8.43. The smallest absolute Gasteiger partial charge is 0.276 e. The summed E-state index contributed by atoms with van der Waals surface area (Å²) < 4.78 is 6.81. The summed E-state index contributed by atoms with van der Waals surface area (Å²) in [7, 11) is 3.38. The average molecular weight is 345 g/mol. The first-order chi connectivity index (χ1) is 11.8. The second-order valence-electron chi connectivity index (χ2n) is 6.56. The van der Waals surface area contributed by atoms with Gasteiger partial charge in [0.2, 0.25) is 0 Å². The second-order valence-corrected chi connectivity index (χ2v) is 6.56. The third-order valence-corrected chi connectivity index (χ3v) is 4.41. The van der Waals surface area contributed by atoms with E-state index >= 15 is 0 Å². The lowest BCUT2D eigenvalue weighted by atomic mass is 10.0. The molecule has 0 saturated heterocycles. The van der Waals surface area contributed by atoms with Crippen LogP contribution in [0.2, 0.25) is 0 Å². The Hall–Kier alpha value is -2.41. The molecular weight excluding hydrogens is 318 g/mol. The molecule has 0 spiro atoms. The number of methoxy groups -OCH3 is 1. The summed E-state index contributed by atoms with van der Waals surface area (Å²) in [4.78, 5) is 14.3. The highest BCUT2D eigenvalue weighted by Gasteiger charge is 2.21. The molecule has 0 aliphatic heterocycles. The Morgan fingerprint density at radius 3 is 2.52 bits per heavy atom. The largest absolute Gasteiger partial charge is 0.497 e. The normalized spacial score (nSPS) is 12.3. The maximum atomic E-state index is 12.6. The van der Waals surface area contributed by atoms with E-state index in [1.807, 2.05) is 31.2 Å². The van der Waals surface area contributed by atoms with Crippen molar-refractivity contribution in [2.45, 2.75) is 33.2 Å². The molecule has 2 N–H and O–H groups in total. The zero-order valence-corrected chi connectivity index (χ0v) is 15.6. The molecule has 0 fully saturated rings. The van der Waals surface area contributed by atoms with Crippen LogP contribution in [0.4, 0.5) is 0 Å². The van der Waals surface area contributed by atoms with Crippen molar-refractivity contribution in [3.8, 4) is 11.4 Å². The maximum Gasteiger partial charge on any atom is 0.276 e. The van der Waals surface area contributed by atoms with Crippen molar-refractivity contribution in [2.24, 2.45) is 11.7 Å². The molecule has 0 radical (unpaired) electrons. The predicted octanol–water partition coefficient (Wildman–Crippen LogP) is 2.03. The third kappa shape index (κ3) is 4.36. The van der Waals surface area contributed by atoms with Gasteiger partial charge in [-0.1, -0.05) is 19.1 Å². The first kappa shape index (κ1) is 18.9. The van der Waals surface area contributed by atoms with Gasteiger partial charge in [-0.15, -0.1) is 5.10 Å². The van der Waals surface area contributed by atoms with Crippen molar-refractivity contribution >= 4 is 5.91 Å². The molecule has 25 heavy (non-hydrogen) atoms. The Morgan fingerprint density at radius 2 is 1.96 bits per heavy atom. The number of ether oxygens (including phenoxy) is 1. The van der Waals surface area contributed by atoms with Crippen LogP contribution in [0.3, 0.4) is 0 Å². The number of carbonyl (C=O) groups excluding carboxylic acids is 1. The Bertz CT molecular complexity index is 709. The molecule has 1 aromatic carbocycles. The minimum absolute atomic E-state index is 0.0753. The molecule has 0 saturated carbocycles. The highest BCUT2D eigenvalue weighted by molar-refractivity contribution is 5.93. The summed E-state index contributed by atoms with van der Waals surface area (Å²) in [5.41, 5.74) is 7.95. The third-order valence-electron chi connectivity index (χ3n) is 4.41. The number of carbonyl (C=O) groups is 1. The van der Waals surface area contributed by atoms with Crippen molar-refractivity contribution < 1.29 is 9.53 Å². The predicted molar refractivity (Wildman–Crippen MR) is 97.0 cm³/mol. The van der Waals surface area contributed by atoms with Gasteiger partial charge < -0.3 is 15.4 Å². The van der Waals surface area contributed by atoms with Gasteiger partial charge in [-0.3, -0.25) is 4.79 Å². The fourth-order valence-corrected chi connectivity index (χ4v) is 2.45. The molecule has 7 nitrogen and oxygen atoms in total. The van der Waals surface area contributed by atoms with Gasteiger partial charge in [-0.25, -0.2) is 4.68 Å². The quantitative estimate of drug-likeness (QED) is 0.830. The zero-order chi connectivity index (χ0) is 18.6. The fraction of sp³-hybridized carbons (Fsp3) is 0.500. The molecule has 136 valence electrons. The summed E-state index contributed by atoms with van der Waals surface area (Å²) in [6, 6.07) is 7.51. The number of nitrogens with zero attached hydrogens (tertiary/aromatic N) is 4. The molecule has 1 aromatic heterocycles. The summed E-state index contributed by atoms with van der Waals surface area (Å²) in [6.45, 7) is 6.59. The van der Waals surface area contributed by atoms with Gasteiger partial charge in [0.15, 0.2) is 5.69 Å². The van der Waals surface area contributed by atoms with Crippen LogP contribution in [0.15, 0.2) is 24.3 Å². The Morgan fingerprint density at radius 1 is 1.32 bits per heavy atom. The summed E-state index contributed by atoms with van der Waals surface area (Å²) in [5, 5.41) is 8.20. The minimum atomic E-state index is -0.145. The Labute approximate surface area is 148 Å². The second kappa shape index (κ2) is 8.11. The standard InChI is InChI=1S/C18H27N5O2/c1-12(2)16(19)10-11-22(4)18(24)17-13(3)23(21-20-17)14-6-8-15(25-5)9-7-14/h6-9,12,16H,10-11,19H2,1-5H3. The highest BCUT2D eigenvalue weighted by Crippen LogP contribution is 2.17. The van der Waals surface area contributed by atoms with E-state index in [-0.39, 0.29) is 11.9 Å². The van der Waals surface area contributed by atoms with Gasteiger partial charge in [0.1, 0.15) is 5.75 Å². The summed E-state index contributed by atoms with van der Waals surface area (Å²) in [5.74, 6) is 1.01. The molecule has 0 bridgehead atoms. The molecule has 0 aliphatic rings. The number of benzene rings is 1. The molecule has 1 unspecified atom stereocenters. The van der Waals surface area contributed by atoms with Crippen molar-refractivity contribution in [3.05, 3.63) is 35.7 Å². The molecule has 2 rings (SSSR count). The van der Waals surface area contributed by atoms with E-state index in [2.05, 4.69) is 24.2 Å². The SMILES string of the molecule is COc1ccc(-n2nnc(C(=O)N(C)CCC(N)C(C)C)c2C)cc1. The Kier molecular flexibility index (Phi) is 6.14.